The molecule has 0 atom stereocenters. The largest absolute Gasteiger partial charge is 2.00 e. The Morgan fingerprint density at radius 2 is 1.00 bits per heavy atom. The van der Waals surface area contributed by atoms with Gasteiger partial charge in [-0.1, -0.05) is 0 Å². The number of hydrogen-bond donors (Lipinski definition) is 2. The first kappa shape index (κ1) is 12.4. The molecule has 0 amide bonds. The minimum atomic E-state index is -1.01. The Kier molecular flexibility index (Phi) is 4.38. The van der Waals surface area contributed by atoms with Crippen LogP contribution in [-0.4, -0.2) is 44.5 Å². The predicted octanol–water partition coefficient (Wildman–Crippen LogP) is 0.372. The summed E-state index contributed by atoms with van der Waals surface area (Å²) in [7, 11) is 0. The Hall–Kier alpha value is 0.686. The van der Waals surface area contributed by atoms with Crippen molar-refractivity contribution in [2.45, 2.75) is 38.9 Å². The third kappa shape index (κ3) is 4.14. The van der Waals surface area contributed by atoms with E-state index in [-0.39, 0.29) is 25.9 Å². The van der Waals surface area contributed by atoms with Gasteiger partial charge >= 0.3 is 23.1 Å². The normalized spacial score (nSPS) is 12.7. The van der Waals surface area contributed by atoms with Gasteiger partial charge in [0.2, 0.25) is 0 Å². The Morgan fingerprint density at radius 3 is 1.00 bits per heavy atom. The van der Waals surface area contributed by atoms with E-state index in [1.165, 1.54) is 0 Å². The number of aliphatic hydroxyl groups is 2. The van der Waals surface area contributed by atoms with Gasteiger partial charge in [0.15, 0.2) is 0 Å². The van der Waals surface area contributed by atoms with Crippen LogP contribution < -0.4 is 0 Å². The molecule has 0 aliphatic rings. The molecule has 0 saturated heterocycles. The van der Waals surface area contributed by atoms with Gasteiger partial charge in [0.25, 0.3) is 0 Å². The van der Waals surface area contributed by atoms with E-state index in [0.717, 1.165) is 0 Å². The van der Waals surface area contributed by atoms with Crippen LogP contribution in [0.2, 0.25) is 0 Å². The van der Waals surface area contributed by atoms with Crippen molar-refractivity contribution in [3.63, 3.8) is 0 Å². The first-order valence-electron chi connectivity index (χ1n) is 2.70. The SMILES string of the molecule is CC(C)(O)C(C)(C)O.[H-].[H-].[Mg+2]. The zero-order chi connectivity index (χ0) is 7.00. The maximum absolute atomic E-state index is 9.10. The molecular weight excluding hydrogens is 128 g/mol. The molecule has 2 nitrogen and oxygen atoms in total. The van der Waals surface area contributed by atoms with Crippen LogP contribution in [0.5, 0.6) is 0 Å². The monoisotopic (exact) mass is 144 g/mol. The van der Waals surface area contributed by atoms with E-state index in [4.69, 9.17) is 10.2 Å². The van der Waals surface area contributed by atoms with Crippen LogP contribution in [0.3, 0.4) is 0 Å². The topological polar surface area (TPSA) is 40.5 Å². The number of rotatable bonds is 1. The third-order valence-corrected chi connectivity index (χ3v) is 1.50. The van der Waals surface area contributed by atoms with Crippen molar-refractivity contribution in [2.75, 3.05) is 0 Å². The molecule has 0 aliphatic carbocycles. The van der Waals surface area contributed by atoms with E-state index in [2.05, 4.69) is 0 Å². The van der Waals surface area contributed by atoms with Gasteiger partial charge in [0.1, 0.15) is 0 Å². The summed E-state index contributed by atoms with van der Waals surface area (Å²) in [4.78, 5) is 0. The van der Waals surface area contributed by atoms with Crippen molar-refractivity contribution >= 4 is 23.1 Å². The van der Waals surface area contributed by atoms with Gasteiger partial charge in [-0.15, -0.1) is 0 Å². The van der Waals surface area contributed by atoms with Gasteiger partial charge in [0.05, 0.1) is 11.2 Å². The van der Waals surface area contributed by atoms with Gasteiger partial charge in [-0.3, -0.25) is 0 Å². The van der Waals surface area contributed by atoms with E-state index < -0.39 is 11.2 Å². The maximum atomic E-state index is 9.10. The van der Waals surface area contributed by atoms with E-state index in [0.29, 0.717) is 0 Å². The molecule has 0 saturated carbocycles. The average Bonchev–Trinajstić information content (AvgIpc) is 1.25. The standard InChI is InChI=1S/C6H14O2.Mg.2H/c1-5(2,7)6(3,4)8;;;/h7-8H,1-4H3;;;/q;+2;2*-1. The van der Waals surface area contributed by atoms with Gasteiger partial charge in [0, 0.05) is 0 Å². The summed E-state index contributed by atoms with van der Waals surface area (Å²) in [6.45, 7) is 6.31. The van der Waals surface area contributed by atoms with Crippen LogP contribution in [0.25, 0.3) is 0 Å². The summed E-state index contributed by atoms with van der Waals surface area (Å²) in [6.07, 6.45) is 0. The molecule has 0 aromatic carbocycles. The molecule has 0 aromatic rings. The second-order valence-electron chi connectivity index (χ2n) is 3.12. The van der Waals surface area contributed by atoms with Crippen LogP contribution in [0.1, 0.15) is 30.5 Å². The molecule has 0 bridgehead atoms. The maximum Gasteiger partial charge on any atom is 2.00 e. The van der Waals surface area contributed by atoms with Crippen LogP contribution in [0, 0.1) is 0 Å². The summed E-state index contributed by atoms with van der Waals surface area (Å²) < 4.78 is 0. The molecule has 0 heterocycles. The second kappa shape index (κ2) is 3.19. The van der Waals surface area contributed by atoms with E-state index >= 15 is 0 Å². The fraction of sp³-hybridized carbons (Fsp3) is 1.00. The molecule has 0 aliphatic heterocycles. The van der Waals surface area contributed by atoms with Crippen molar-refractivity contribution in [1.29, 1.82) is 0 Å². The summed E-state index contributed by atoms with van der Waals surface area (Å²) in [5, 5.41) is 18.2. The van der Waals surface area contributed by atoms with Crippen molar-refractivity contribution in [3.8, 4) is 0 Å². The van der Waals surface area contributed by atoms with E-state index in [1.807, 2.05) is 0 Å². The number of hydrogen-bond acceptors (Lipinski definition) is 2. The first-order chi connectivity index (χ1) is 3.25. The molecule has 0 fully saturated rings. The van der Waals surface area contributed by atoms with Gasteiger partial charge in [-0.2, -0.15) is 0 Å². The van der Waals surface area contributed by atoms with Crippen molar-refractivity contribution in [3.05, 3.63) is 0 Å². The van der Waals surface area contributed by atoms with Crippen LogP contribution in [-0.2, 0) is 0 Å². The van der Waals surface area contributed by atoms with Crippen molar-refractivity contribution < 1.29 is 13.1 Å². The van der Waals surface area contributed by atoms with Crippen LogP contribution in [0.4, 0.5) is 0 Å². The molecule has 0 unspecified atom stereocenters. The third-order valence-electron chi connectivity index (χ3n) is 1.50. The summed E-state index contributed by atoms with van der Waals surface area (Å²) in [5.41, 5.74) is -2.01. The molecule has 9 heavy (non-hydrogen) atoms. The summed E-state index contributed by atoms with van der Waals surface area (Å²) >= 11 is 0. The summed E-state index contributed by atoms with van der Waals surface area (Å²) in [5.74, 6) is 0. The Balaban J connectivity index is -0.0000000817. The Morgan fingerprint density at radius 1 is 0.889 bits per heavy atom. The zero-order valence-electron chi connectivity index (χ0n) is 8.60. The van der Waals surface area contributed by atoms with Crippen LogP contribution >= 0.6 is 0 Å². The summed E-state index contributed by atoms with van der Waals surface area (Å²) in [6, 6.07) is 0. The van der Waals surface area contributed by atoms with E-state index in [9.17, 15) is 0 Å². The molecule has 3 heteroatoms. The second-order valence-corrected chi connectivity index (χ2v) is 3.12. The van der Waals surface area contributed by atoms with Crippen molar-refractivity contribution in [1.82, 2.24) is 0 Å². The van der Waals surface area contributed by atoms with Gasteiger partial charge in [-0.05, 0) is 27.7 Å². The Bertz CT molecular complexity index is 73.6. The molecule has 0 radical (unpaired) electrons. The van der Waals surface area contributed by atoms with Gasteiger partial charge < -0.3 is 13.1 Å². The zero-order valence-corrected chi connectivity index (χ0v) is 8.02. The predicted molar refractivity (Wildman–Crippen MR) is 40.6 cm³/mol. The van der Waals surface area contributed by atoms with E-state index in [1.54, 1.807) is 27.7 Å². The molecule has 2 N–H and O–H groups in total. The molecule has 0 rings (SSSR count). The smallest absolute Gasteiger partial charge is 1.00 e. The molecular formula is C6H16MgO2. The fourth-order valence-electron chi connectivity index (χ4n) is 0. The Labute approximate surface area is 75.4 Å². The van der Waals surface area contributed by atoms with Gasteiger partial charge in [-0.25, -0.2) is 0 Å². The first-order valence-corrected chi connectivity index (χ1v) is 2.70. The minimum absolute atomic E-state index is 0. The van der Waals surface area contributed by atoms with Crippen molar-refractivity contribution in [2.24, 2.45) is 0 Å². The molecule has 0 aromatic heterocycles. The fourth-order valence-corrected chi connectivity index (χ4v) is 0. The van der Waals surface area contributed by atoms with Crippen LogP contribution in [0.15, 0.2) is 0 Å². The molecule has 0 spiro atoms. The quantitative estimate of drug-likeness (QED) is 0.522. The minimum Gasteiger partial charge on any atom is -1.00 e. The molecule has 54 valence electrons. The average molecular weight is 144 g/mol.